The summed E-state index contributed by atoms with van der Waals surface area (Å²) in [4.78, 5) is 46.9. The first kappa shape index (κ1) is 21.0. The highest BCUT2D eigenvalue weighted by molar-refractivity contribution is 7.18. The van der Waals surface area contributed by atoms with E-state index in [2.05, 4.69) is 5.32 Å². The number of nitrogens with zero attached hydrogens (tertiary/aromatic N) is 1. The first-order valence-electron chi connectivity index (χ1n) is 8.29. The smallest absolute Gasteiger partial charge is 0.341 e. The summed E-state index contributed by atoms with van der Waals surface area (Å²) in [6, 6.07) is 5.80. The molecule has 1 aromatic heterocycles. The summed E-state index contributed by atoms with van der Waals surface area (Å²) in [6.45, 7) is 4.81. The number of carbonyl (C=O) groups excluding carboxylic acids is 3. The Kier molecular flexibility index (Phi) is 6.78. The number of rotatable bonds is 7. The maximum Gasteiger partial charge on any atom is 0.341 e. The molecule has 1 heterocycles. The zero-order valence-corrected chi connectivity index (χ0v) is 16.3. The van der Waals surface area contributed by atoms with Gasteiger partial charge in [0.15, 0.2) is 5.78 Å². The Labute approximate surface area is 165 Å². The Bertz CT molecular complexity index is 977. The summed E-state index contributed by atoms with van der Waals surface area (Å²) in [5.41, 5.74) is 0.983. The number of thiophene rings is 1. The fourth-order valence-electron chi connectivity index (χ4n) is 2.45. The molecule has 1 aromatic carbocycles. The van der Waals surface area contributed by atoms with Crippen LogP contribution in [0.4, 0.5) is 10.7 Å². The average molecular weight is 402 g/mol. The van der Waals surface area contributed by atoms with Crippen molar-refractivity contribution in [2.24, 2.45) is 0 Å². The van der Waals surface area contributed by atoms with E-state index in [9.17, 15) is 24.5 Å². The third-order valence-electron chi connectivity index (χ3n) is 3.69. The molecule has 0 bridgehead atoms. The number of non-ortho nitro benzene ring substituents is 1. The van der Waals surface area contributed by atoms with Gasteiger partial charge in [0.05, 0.1) is 22.0 Å². The fraction of sp³-hybridized carbons (Fsp3) is 0.211. The first-order valence-corrected chi connectivity index (χ1v) is 9.11. The summed E-state index contributed by atoms with van der Waals surface area (Å²) < 4.78 is 5.01. The standard InChI is InChI=1S/C19H18N2O6S/c1-4-27-19(24)16-11(2)17(12(3)22)28-18(16)20-15(23)9-8-13-6-5-7-14(10-13)21(25)26/h5-10H,4H2,1-3H3,(H,20,23)/b9-8+. The number of carbonyl (C=O) groups is 3. The lowest BCUT2D eigenvalue weighted by molar-refractivity contribution is -0.384. The van der Waals surface area contributed by atoms with Crippen LogP contribution in [0.1, 0.15) is 45.0 Å². The van der Waals surface area contributed by atoms with Crippen molar-refractivity contribution in [2.75, 3.05) is 11.9 Å². The summed E-state index contributed by atoms with van der Waals surface area (Å²) in [6.07, 6.45) is 2.61. The van der Waals surface area contributed by atoms with Crippen molar-refractivity contribution in [3.05, 3.63) is 62.0 Å². The Balaban J connectivity index is 2.27. The van der Waals surface area contributed by atoms with E-state index in [1.165, 1.54) is 37.3 Å². The van der Waals surface area contributed by atoms with Crippen LogP contribution in [0.5, 0.6) is 0 Å². The number of amides is 1. The molecule has 0 aliphatic heterocycles. The molecule has 0 saturated heterocycles. The molecule has 0 spiro atoms. The quantitative estimate of drug-likeness (QED) is 0.246. The first-order chi connectivity index (χ1) is 13.2. The topological polar surface area (TPSA) is 116 Å². The molecular weight excluding hydrogens is 384 g/mol. The predicted octanol–water partition coefficient (Wildman–Crippen LogP) is 4.00. The van der Waals surface area contributed by atoms with Gasteiger partial charge in [-0.2, -0.15) is 0 Å². The normalized spacial score (nSPS) is 10.7. The second-order valence-electron chi connectivity index (χ2n) is 5.71. The number of nitrogens with one attached hydrogen (secondary N) is 1. The lowest BCUT2D eigenvalue weighted by atomic mass is 10.1. The summed E-state index contributed by atoms with van der Waals surface area (Å²) in [5, 5.41) is 13.6. The van der Waals surface area contributed by atoms with Crippen molar-refractivity contribution in [1.82, 2.24) is 0 Å². The Hall–Kier alpha value is -3.33. The molecule has 0 aliphatic rings. The minimum atomic E-state index is -0.623. The van der Waals surface area contributed by atoms with Gasteiger partial charge in [0, 0.05) is 18.2 Å². The molecule has 9 heteroatoms. The number of nitro groups is 1. The third kappa shape index (κ3) is 4.89. The molecular formula is C19H18N2O6S. The lowest BCUT2D eigenvalue weighted by Gasteiger charge is -2.05. The number of anilines is 1. The largest absolute Gasteiger partial charge is 0.462 e. The van der Waals surface area contributed by atoms with Crippen molar-refractivity contribution in [2.45, 2.75) is 20.8 Å². The molecule has 0 saturated carbocycles. The molecule has 8 nitrogen and oxygen atoms in total. The van der Waals surface area contributed by atoms with E-state index in [0.29, 0.717) is 16.0 Å². The number of hydrogen-bond acceptors (Lipinski definition) is 7. The van der Waals surface area contributed by atoms with Crippen molar-refractivity contribution in [3.63, 3.8) is 0 Å². The van der Waals surface area contributed by atoms with Gasteiger partial charge in [-0.1, -0.05) is 12.1 Å². The maximum atomic E-state index is 12.3. The Morgan fingerprint density at radius 3 is 2.64 bits per heavy atom. The minimum Gasteiger partial charge on any atom is -0.462 e. The van der Waals surface area contributed by atoms with Gasteiger partial charge >= 0.3 is 5.97 Å². The van der Waals surface area contributed by atoms with Crippen LogP contribution >= 0.6 is 11.3 Å². The molecule has 0 unspecified atom stereocenters. The van der Waals surface area contributed by atoms with E-state index in [4.69, 9.17) is 4.74 Å². The average Bonchev–Trinajstić information content (AvgIpc) is 2.96. The third-order valence-corrected chi connectivity index (χ3v) is 5.00. The molecule has 0 aliphatic carbocycles. The van der Waals surface area contributed by atoms with Gasteiger partial charge < -0.3 is 10.1 Å². The molecule has 1 amide bonds. The molecule has 0 atom stereocenters. The SMILES string of the molecule is CCOC(=O)c1c(NC(=O)/C=C/c2cccc([N+](=O)[O-])c2)sc(C(C)=O)c1C. The molecule has 0 fully saturated rings. The number of ketones is 1. The molecule has 2 aromatic rings. The van der Waals surface area contributed by atoms with E-state index >= 15 is 0 Å². The van der Waals surface area contributed by atoms with E-state index < -0.39 is 16.8 Å². The van der Waals surface area contributed by atoms with Gasteiger partial charge in [-0.15, -0.1) is 11.3 Å². The van der Waals surface area contributed by atoms with E-state index in [-0.39, 0.29) is 28.6 Å². The number of ether oxygens (including phenoxy) is 1. The van der Waals surface area contributed by atoms with Crippen molar-refractivity contribution >= 4 is 45.8 Å². The van der Waals surface area contributed by atoms with Crippen LogP contribution in [0, 0.1) is 17.0 Å². The van der Waals surface area contributed by atoms with E-state index in [1.807, 2.05) is 0 Å². The van der Waals surface area contributed by atoms with Gasteiger partial charge in [-0.3, -0.25) is 19.7 Å². The number of benzene rings is 1. The molecule has 2 rings (SSSR count). The van der Waals surface area contributed by atoms with E-state index in [1.54, 1.807) is 19.9 Å². The summed E-state index contributed by atoms with van der Waals surface area (Å²) in [5.74, 6) is -1.39. The van der Waals surface area contributed by atoms with Crippen molar-refractivity contribution in [1.29, 1.82) is 0 Å². The molecule has 28 heavy (non-hydrogen) atoms. The highest BCUT2D eigenvalue weighted by Gasteiger charge is 2.24. The maximum absolute atomic E-state index is 12.3. The van der Waals surface area contributed by atoms with Gasteiger partial charge in [0.25, 0.3) is 5.69 Å². The van der Waals surface area contributed by atoms with Crippen LogP contribution in [-0.2, 0) is 9.53 Å². The zero-order chi connectivity index (χ0) is 20.8. The van der Waals surface area contributed by atoms with Crippen LogP contribution in [0.15, 0.2) is 30.3 Å². The minimum absolute atomic E-state index is 0.0906. The van der Waals surface area contributed by atoms with Crippen molar-refractivity contribution < 1.29 is 24.0 Å². The van der Waals surface area contributed by atoms with E-state index in [0.717, 1.165) is 11.3 Å². The Morgan fingerprint density at radius 2 is 2.04 bits per heavy atom. The van der Waals surface area contributed by atoms with Crippen molar-refractivity contribution in [3.8, 4) is 0 Å². The Morgan fingerprint density at radius 1 is 1.32 bits per heavy atom. The van der Waals surface area contributed by atoms with Crippen LogP contribution < -0.4 is 5.32 Å². The fourth-order valence-corrected chi connectivity index (χ4v) is 3.55. The second-order valence-corrected chi connectivity index (χ2v) is 6.73. The highest BCUT2D eigenvalue weighted by Crippen LogP contribution is 2.34. The van der Waals surface area contributed by atoms with Gasteiger partial charge in [0.2, 0.25) is 5.91 Å². The number of hydrogen-bond donors (Lipinski definition) is 1. The van der Waals surface area contributed by atoms with Crippen LogP contribution in [0.25, 0.3) is 6.08 Å². The van der Waals surface area contributed by atoms with Gasteiger partial charge in [-0.05, 0) is 38.0 Å². The number of Topliss-reactive ketones (excluding diaryl/α,β-unsaturated/α-hetero) is 1. The van der Waals surface area contributed by atoms with Crippen LogP contribution in [0.3, 0.4) is 0 Å². The molecule has 0 radical (unpaired) electrons. The van der Waals surface area contributed by atoms with Crippen LogP contribution in [0.2, 0.25) is 0 Å². The van der Waals surface area contributed by atoms with Gasteiger partial charge in [0.1, 0.15) is 5.00 Å². The number of esters is 1. The highest BCUT2D eigenvalue weighted by atomic mass is 32.1. The predicted molar refractivity (Wildman–Crippen MR) is 106 cm³/mol. The molecule has 146 valence electrons. The lowest BCUT2D eigenvalue weighted by Crippen LogP contribution is -2.12. The summed E-state index contributed by atoms with van der Waals surface area (Å²) in [7, 11) is 0. The monoisotopic (exact) mass is 402 g/mol. The molecule has 1 N–H and O–H groups in total. The van der Waals surface area contributed by atoms with Crippen LogP contribution in [-0.4, -0.2) is 29.2 Å². The number of nitro benzene ring substituents is 1. The van der Waals surface area contributed by atoms with Gasteiger partial charge in [-0.25, -0.2) is 4.79 Å². The summed E-state index contributed by atoms with van der Waals surface area (Å²) >= 11 is 0.999. The second kappa shape index (κ2) is 9.05. The zero-order valence-electron chi connectivity index (χ0n) is 15.5.